The molecule has 2 atom stereocenters. The molecule has 3 rings (SSSR count). The van der Waals surface area contributed by atoms with Gasteiger partial charge in [-0.1, -0.05) is 43.5 Å². The summed E-state index contributed by atoms with van der Waals surface area (Å²) >= 11 is 0. The van der Waals surface area contributed by atoms with Crippen molar-refractivity contribution in [3.63, 3.8) is 0 Å². The first-order valence-electron chi connectivity index (χ1n) is 9.43. The van der Waals surface area contributed by atoms with Gasteiger partial charge in [0.25, 0.3) is 0 Å². The van der Waals surface area contributed by atoms with E-state index in [0.717, 1.165) is 13.0 Å². The second-order valence-electron chi connectivity index (χ2n) is 7.36. The van der Waals surface area contributed by atoms with Gasteiger partial charge in [-0.25, -0.2) is 0 Å². The Labute approximate surface area is 145 Å². The van der Waals surface area contributed by atoms with Gasteiger partial charge in [0, 0.05) is 13.1 Å². The summed E-state index contributed by atoms with van der Waals surface area (Å²) in [5, 5.41) is 12.5. The van der Waals surface area contributed by atoms with Crippen molar-refractivity contribution in [2.45, 2.75) is 57.6 Å². The van der Waals surface area contributed by atoms with Gasteiger partial charge in [-0.15, -0.1) is 0 Å². The van der Waals surface area contributed by atoms with Gasteiger partial charge in [0.15, 0.2) is 0 Å². The fraction of sp³-hybridized carbons (Fsp3) is 0.650. The summed E-state index contributed by atoms with van der Waals surface area (Å²) in [5.74, 6) is 0.752. The smallest absolute Gasteiger partial charge is 0.237 e. The fourth-order valence-corrected chi connectivity index (χ4v) is 4.33. The highest BCUT2D eigenvalue weighted by atomic mass is 16.3. The number of nitrogens with one attached hydrogen (secondary N) is 1. The van der Waals surface area contributed by atoms with Crippen molar-refractivity contribution in [1.29, 1.82) is 0 Å². The van der Waals surface area contributed by atoms with Crippen LogP contribution in [0.25, 0.3) is 0 Å². The molecule has 0 spiro atoms. The molecule has 1 heterocycles. The standard InChI is InChI=1S/C20H30N2O2/c1-15(23)13-21-14-19(24)22-12-11-16-7-5-6-10-18(16)20(22)17-8-3-2-4-9-17/h5-7,10,15,17,20-21,23H,2-4,8-9,11-14H2,1H3/t15-,20+/m1/s1. The largest absolute Gasteiger partial charge is 0.392 e. The normalized spacial score (nSPS) is 22.9. The van der Waals surface area contributed by atoms with Crippen molar-refractivity contribution in [3.8, 4) is 0 Å². The Kier molecular flexibility index (Phi) is 5.90. The predicted octanol–water partition coefficient (Wildman–Crippen LogP) is 2.66. The highest BCUT2D eigenvalue weighted by Crippen LogP contribution is 2.41. The monoisotopic (exact) mass is 330 g/mol. The summed E-state index contributed by atoms with van der Waals surface area (Å²) in [5.41, 5.74) is 2.77. The summed E-state index contributed by atoms with van der Waals surface area (Å²) in [4.78, 5) is 14.9. The maximum Gasteiger partial charge on any atom is 0.237 e. The van der Waals surface area contributed by atoms with Gasteiger partial charge in [0.1, 0.15) is 0 Å². The number of hydrogen-bond acceptors (Lipinski definition) is 3. The molecule has 24 heavy (non-hydrogen) atoms. The fourth-order valence-electron chi connectivity index (χ4n) is 4.33. The Morgan fingerprint density at radius 3 is 2.79 bits per heavy atom. The Bertz CT molecular complexity index is 552. The van der Waals surface area contributed by atoms with E-state index in [-0.39, 0.29) is 11.9 Å². The summed E-state index contributed by atoms with van der Waals surface area (Å²) in [6.07, 6.45) is 6.87. The van der Waals surface area contributed by atoms with E-state index < -0.39 is 6.10 Å². The number of aliphatic hydroxyl groups excluding tert-OH is 1. The molecule has 4 heteroatoms. The van der Waals surface area contributed by atoms with Gasteiger partial charge >= 0.3 is 0 Å². The number of benzene rings is 1. The van der Waals surface area contributed by atoms with Crippen LogP contribution in [0.1, 0.15) is 56.2 Å². The minimum atomic E-state index is -0.422. The van der Waals surface area contributed by atoms with Gasteiger partial charge in [0.2, 0.25) is 5.91 Å². The topological polar surface area (TPSA) is 52.6 Å². The molecule has 0 radical (unpaired) electrons. The van der Waals surface area contributed by atoms with E-state index in [1.807, 2.05) is 0 Å². The van der Waals surface area contributed by atoms with Crippen LogP contribution in [0.3, 0.4) is 0 Å². The van der Waals surface area contributed by atoms with Crippen LogP contribution in [-0.4, -0.2) is 41.7 Å². The molecule has 1 aromatic carbocycles. The number of carbonyl (C=O) groups is 1. The third kappa shape index (κ3) is 3.98. The third-order valence-corrected chi connectivity index (χ3v) is 5.46. The molecule has 0 aromatic heterocycles. The zero-order chi connectivity index (χ0) is 16.9. The summed E-state index contributed by atoms with van der Waals surface area (Å²) < 4.78 is 0. The minimum Gasteiger partial charge on any atom is -0.392 e. The van der Waals surface area contributed by atoms with Crippen molar-refractivity contribution < 1.29 is 9.90 Å². The molecule has 132 valence electrons. The molecule has 0 saturated heterocycles. The van der Waals surface area contributed by atoms with Crippen molar-refractivity contribution in [3.05, 3.63) is 35.4 Å². The number of fused-ring (bicyclic) bond motifs is 1. The van der Waals surface area contributed by atoms with E-state index in [4.69, 9.17) is 0 Å². The van der Waals surface area contributed by atoms with Crippen molar-refractivity contribution >= 4 is 5.91 Å². The Morgan fingerprint density at radius 2 is 2.04 bits per heavy atom. The van der Waals surface area contributed by atoms with Crippen LogP contribution in [0, 0.1) is 5.92 Å². The van der Waals surface area contributed by atoms with Crippen molar-refractivity contribution in [2.75, 3.05) is 19.6 Å². The van der Waals surface area contributed by atoms with Crippen molar-refractivity contribution in [1.82, 2.24) is 10.2 Å². The third-order valence-electron chi connectivity index (χ3n) is 5.46. The van der Waals surface area contributed by atoms with Crippen LogP contribution >= 0.6 is 0 Å². The van der Waals surface area contributed by atoms with Crippen LogP contribution in [0.5, 0.6) is 0 Å². The SMILES string of the molecule is C[C@@H](O)CNCC(=O)N1CCc2ccccc2[C@@H]1C1CCCCC1. The number of amides is 1. The molecule has 0 bridgehead atoms. The average molecular weight is 330 g/mol. The number of carbonyl (C=O) groups excluding carboxylic acids is 1. The first kappa shape index (κ1) is 17.4. The Morgan fingerprint density at radius 1 is 1.29 bits per heavy atom. The second-order valence-corrected chi connectivity index (χ2v) is 7.36. The van der Waals surface area contributed by atoms with Crippen LogP contribution in [0.2, 0.25) is 0 Å². The number of hydrogen-bond donors (Lipinski definition) is 2. The van der Waals surface area contributed by atoms with Crippen LogP contribution in [0.15, 0.2) is 24.3 Å². The van der Waals surface area contributed by atoms with Crippen LogP contribution in [-0.2, 0) is 11.2 Å². The zero-order valence-corrected chi connectivity index (χ0v) is 14.7. The van der Waals surface area contributed by atoms with Gasteiger partial charge in [-0.2, -0.15) is 0 Å². The number of rotatable bonds is 5. The molecule has 4 nitrogen and oxygen atoms in total. The van der Waals surface area contributed by atoms with E-state index >= 15 is 0 Å². The number of nitrogens with zero attached hydrogens (tertiary/aromatic N) is 1. The van der Waals surface area contributed by atoms with Gasteiger partial charge in [-0.05, 0) is 43.2 Å². The van der Waals surface area contributed by atoms with E-state index in [2.05, 4.69) is 34.5 Å². The van der Waals surface area contributed by atoms with Crippen molar-refractivity contribution in [2.24, 2.45) is 5.92 Å². The lowest BCUT2D eigenvalue weighted by Crippen LogP contribution is -2.47. The maximum atomic E-state index is 12.8. The Balaban J connectivity index is 1.78. The maximum absolute atomic E-state index is 12.8. The molecule has 2 aliphatic rings. The molecular weight excluding hydrogens is 300 g/mol. The lowest BCUT2D eigenvalue weighted by atomic mass is 9.77. The molecule has 1 aliphatic carbocycles. The van der Waals surface area contributed by atoms with Crippen LogP contribution < -0.4 is 5.32 Å². The molecule has 1 aromatic rings. The first-order chi connectivity index (χ1) is 11.7. The number of aliphatic hydroxyl groups is 1. The summed E-state index contributed by atoms with van der Waals surface area (Å²) in [7, 11) is 0. The summed E-state index contributed by atoms with van der Waals surface area (Å²) in [6, 6.07) is 8.89. The molecule has 2 N–H and O–H groups in total. The predicted molar refractivity (Wildman–Crippen MR) is 95.7 cm³/mol. The Hall–Kier alpha value is -1.39. The summed E-state index contributed by atoms with van der Waals surface area (Å²) in [6.45, 7) is 3.33. The average Bonchev–Trinajstić information content (AvgIpc) is 2.61. The van der Waals surface area contributed by atoms with Gasteiger partial charge in [-0.3, -0.25) is 4.79 Å². The zero-order valence-electron chi connectivity index (χ0n) is 14.7. The van der Waals surface area contributed by atoms with Gasteiger partial charge in [0.05, 0.1) is 18.7 Å². The second kappa shape index (κ2) is 8.13. The lowest BCUT2D eigenvalue weighted by molar-refractivity contribution is -0.134. The van der Waals surface area contributed by atoms with E-state index in [9.17, 15) is 9.90 Å². The highest BCUT2D eigenvalue weighted by molar-refractivity contribution is 5.79. The molecule has 0 unspecified atom stereocenters. The molecule has 1 saturated carbocycles. The highest BCUT2D eigenvalue weighted by Gasteiger charge is 2.36. The van der Waals surface area contributed by atoms with E-state index in [1.165, 1.54) is 43.2 Å². The first-order valence-corrected chi connectivity index (χ1v) is 9.43. The molecule has 1 aliphatic heterocycles. The molecule has 1 amide bonds. The lowest BCUT2D eigenvalue weighted by Gasteiger charge is -2.43. The van der Waals surface area contributed by atoms with E-state index in [1.54, 1.807) is 6.92 Å². The minimum absolute atomic E-state index is 0.167. The molecular formula is C20H30N2O2. The quantitative estimate of drug-likeness (QED) is 0.873. The van der Waals surface area contributed by atoms with Crippen LogP contribution in [0.4, 0.5) is 0 Å². The van der Waals surface area contributed by atoms with Gasteiger partial charge < -0.3 is 15.3 Å². The molecule has 1 fully saturated rings. The van der Waals surface area contributed by atoms with E-state index in [0.29, 0.717) is 19.0 Å².